The lowest BCUT2D eigenvalue weighted by molar-refractivity contribution is -0.151. The van der Waals surface area contributed by atoms with Gasteiger partial charge in [-0.3, -0.25) is 4.79 Å². The number of carbonyl (C=O) groups is 2. The third kappa shape index (κ3) is 2.26. The van der Waals surface area contributed by atoms with E-state index in [1.165, 1.54) is 0 Å². The van der Waals surface area contributed by atoms with E-state index in [1.807, 2.05) is 20.8 Å². The summed E-state index contributed by atoms with van der Waals surface area (Å²) < 4.78 is 11.5. The molecule has 3 aliphatic rings. The Morgan fingerprint density at radius 2 is 2.25 bits per heavy atom. The number of morpholine rings is 1. The largest absolute Gasteiger partial charge is 0.444 e. The van der Waals surface area contributed by atoms with E-state index >= 15 is 0 Å². The molecule has 3 aliphatic heterocycles. The molecule has 1 spiro atoms. The summed E-state index contributed by atoms with van der Waals surface area (Å²) >= 11 is 0. The maximum atomic E-state index is 12.2. The van der Waals surface area contributed by atoms with Gasteiger partial charge in [-0.05, 0) is 33.6 Å². The maximum absolute atomic E-state index is 12.2. The molecule has 3 rings (SSSR count). The molecule has 6 nitrogen and oxygen atoms in total. The van der Waals surface area contributed by atoms with E-state index in [4.69, 9.17) is 9.47 Å². The van der Waals surface area contributed by atoms with Gasteiger partial charge in [0.15, 0.2) is 0 Å². The Kier molecular flexibility index (Phi) is 2.97. The van der Waals surface area contributed by atoms with Crippen molar-refractivity contribution in [2.24, 2.45) is 5.92 Å². The Morgan fingerprint density at radius 1 is 1.50 bits per heavy atom. The molecule has 0 aromatic rings. The molecule has 0 unspecified atom stereocenters. The van der Waals surface area contributed by atoms with Crippen LogP contribution in [0.25, 0.3) is 0 Å². The van der Waals surface area contributed by atoms with Crippen molar-refractivity contribution in [2.75, 3.05) is 19.6 Å². The minimum Gasteiger partial charge on any atom is -0.444 e. The van der Waals surface area contributed by atoms with Crippen molar-refractivity contribution >= 4 is 12.0 Å². The third-order valence-corrected chi connectivity index (χ3v) is 4.23. The Morgan fingerprint density at radius 3 is 2.95 bits per heavy atom. The molecule has 3 saturated heterocycles. The van der Waals surface area contributed by atoms with Crippen LogP contribution in [0.1, 0.15) is 33.6 Å². The van der Waals surface area contributed by atoms with Crippen LogP contribution < -0.4 is 5.32 Å². The van der Waals surface area contributed by atoms with Crippen molar-refractivity contribution in [1.29, 1.82) is 0 Å². The van der Waals surface area contributed by atoms with Gasteiger partial charge in [-0.1, -0.05) is 0 Å². The quantitative estimate of drug-likeness (QED) is 0.717. The number of rotatable bonds is 0. The number of ether oxygens (including phenoxy) is 2. The monoisotopic (exact) mass is 282 g/mol. The number of likely N-dealkylation sites (tertiary alicyclic amines) is 1. The first-order valence-electron chi connectivity index (χ1n) is 7.23. The zero-order chi connectivity index (χ0) is 14.5. The summed E-state index contributed by atoms with van der Waals surface area (Å²) in [5.41, 5.74) is -1.00. The lowest BCUT2D eigenvalue weighted by Gasteiger charge is -2.44. The number of fused-ring (bicyclic) bond motifs is 1. The molecule has 2 bridgehead atoms. The zero-order valence-corrected chi connectivity index (χ0v) is 12.3. The molecule has 20 heavy (non-hydrogen) atoms. The summed E-state index contributed by atoms with van der Waals surface area (Å²) in [5, 5.41) is 2.89. The van der Waals surface area contributed by atoms with Gasteiger partial charge in [-0.15, -0.1) is 0 Å². The fraction of sp³-hybridized carbons (Fsp3) is 0.857. The topological polar surface area (TPSA) is 67.9 Å². The Hall–Kier alpha value is -1.30. The molecule has 0 saturated carbocycles. The molecule has 2 amide bonds. The minimum atomic E-state index is -0.505. The molecular formula is C14H22N2O4. The zero-order valence-electron chi connectivity index (χ0n) is 12.3. The molecule has 3 fully saturated rings. The van der Waals surface area contributed by atoms with E-state index in [0.717, 1.165) is 6.42 Å². The third-order valence-electron chi connectivity index (χ3n) is 4.23. The van der Waals surface area contributed by atoms with E-state index in [1.54, 1.807) is 4.90 Å². The van der Waals surface area contributed by atoms with Crippen LogP contribution in [0.2, 0.25) is 0 Å². The van der Waals surface area contributed by atoms with Gasteiger partial charge < -0.3 is 19.7 Å². The van der Waals surface area contributed by atoms with Gasteiger partial charge >= 0.3 is 6.09 Å². The van der Waals surface area contributed by atoms with Crippen molar-refractivity contribution in [3.8, 4) is 0 Å². The van der Waals surface area contributed by atoms with Gasteiger partial charge in [0.05, 0.1) is 30.7 Å². The molecule has 112 valence electrons. The van der Waals surface area contributed by atoms with Gasteiger partial charge in [0.2, 0.25) is 5.91 Å². The van der Waals surface area contributed by atoms with Crippen LogP contribution in [0.5, 0.6) is 0 Å². The Labute approximate surface area is 118 Å². The lowest BCUT2D eigenvalue weighted by atomic mass is 9.81. The summed E-state index contributed by atoms with van der Waals surface area (Å²) in [6.45, 7) is 7.15. The second-order valence-electron chi connectivity index (χ2n) is 6.99. The highest BCUT2D eigenvalue weighted by Gasteiger charge is 2.58. The molecule has 3 heterocycles. The summed E-state index contributed by atoms with van der Waals surface area (Å²) in [4.78, 5) is 25.9. The highest BCUT2D eigenvalue weighted by Crippen LogP contribution is 2.44. The number of amides is 2. The number of nitrogens with zero attached hydrogens (tertiary/aromatic N) is 1. The lowest BCUT2D eigenvalue weighted by Crippen LogP contribution is -2.60. The van der Waals surface area contributed by atoms with Crippen LogP contribution in [-0.2, 0) is 14.3 Å². The first kappa shape index (κ1) is 13.7. The second kappa shape index (κ2) is 4.35. The number of hydrogen-bond donors (Lipinski definition) is 1. The first-order valence-corrected chi connectivity index (χ1v) is 7.23. The van der Waals surface area contributed by atoms with Crippen LogP contribution in [-0.4, -0.2) is 53.8 Å². The molecule has 0 aliphatic carbocycles. The molecule has 0 aromatic heterocycles. The van der Waals surface area contributed by atoms with Gasteiger partial charge in [-0.25, -0.2) is 4.79 Å². The van der Waals surface area contributed by atoms with Crippen LogP contribution >= 0.6 is 0 Å². The van der Waals surface area contributed by atoms with Gasteiger partial charge in [0.1, 0.15) is 5.60 Å². The summed E-state index contributed by atoms with van der Waals surface area (Å²) in [7, 11) is 0. The van der Waals surface area contributed by atoms with Crippen molar-refractivity contribution < 1.29 is 19.1 Å². The summed E-state index contributed by atoms with van der Waals surface area (Å²) in [6, 6.07) is 0. The van der Waals surface area contributed by atoms with Crippen LogP contribution in [0, 0.1) is 5.92 Å². The molecule has 0 aromatic carbocycles. The van der Waals surface area contributed by atoms with E-state index in [-0.39, 0.29) is 24.0 Å². The predicted octanol–water partition coefficient (Wildman–Crippen LogP) is 0.901. The average Bonchev–Trinajstić information content (AvgIpc) is 2.58. The van der Waals surface area contributed by atoms with E-state index in [9.17, 15) is 9.59 Å². The van der Waals surface area contributed by atoms with Crippen molar-refractivity contribution in [2.45, 2.75) is 50.9 Å². The van der Waals surface area contributed by atoms with Crippen molar-refractivity contribution in [1.82, 2.24) is 10.2 Å². The SMILES string of the molecule is CC(C)(C)OC(=O)N1C[C@H]2C[C@H]3C(=O)NCC[C@@]3(C1)O2. The fourth-order valence-corrected chi connectivity index (χ4v) is 3.48. The van der Waals surface area contributed by atoms with Crippen molar-refractivity contribution in [3.63, 3.8) is 0 Å². The smallest absolute Gasteiger partial charge is 0.410 e. The van der Waals surface area contributed by atoms with Gasteiger partial charge in [0, 0.05) is 6.54 Å². The van der Waals surface area contributed by atoms with Crippen LogP contribution in [0.15, 0.2) is 0 Å². The number of carbonyl (C=O) groups excluding carboxylic acids is 2. The van der Waals surface area contributed by atoms with Crippen molar-refractivity contribution in [3.05, 3.63) is 0 Å². The van der Waals surface area contributed by atoms with E-state index in [0.29, 0.717) is 26.1 Å². The van der Waals surface area contributed by atoms with Gasteiger partial charge in [0.25, 0.3) is 0 Å². The highest BCUT2D eigenvalue weighted by molar-refractivity contribution is 5.82. The Bertz CT molecular complexity index is 445. The van der Waals surface area contributed by atoms with Gasteiger partial charge in [-0.2, -0.15) is 0 Å². The summed E-state index contributed by atoms with van der Waals surface area (Å²) in [6.07, 6.45) is 1.10. The molecule has 3 atom stereocenters. The van der Waals surface area contributed by atoms with Crippen LogP contribution in [0.4, 0.5) is 4.79 Å². The normalized spacial score (nSPS) is 36.4. The number of nitrogens with one attached hydrogen (secondary N) is 1. The molecule has 6 heteroatoms. The summed E-state index contributed by atoms with van der Waals surface area (Å²) in [5.74, 6) is -0.0709. The Balaban J connectivity index is 1.76. The highest BCUT2D eigenvalue weighted by atomic mass is 16.6. The van der Waals surface area contributed by atoms with E-state index < -0.39 is 11.2 Å². The molecule has 0 radical (unpaired) electrons. The average molecular weight is 282 g/mol. The minimum absolute atomic E-state index is 0.0508. The predicted molar refractivity (Wildman–Crippen MR) is 71.1 cm³/mol. The molecular weight excluding hydrogens is 260 g/mol. The molecule has 1 N–H and O–H groups in total. The van der Waals surface area contributed by atoms with Crippen LogP contribution in [0.3, 0.4) is 0 Å². The number of hydrogen-bond acceptors (Lipinski definition) is 4. The van der Waals surface area contributed by atoms with E-state index in [2.05, 4.69) is 5.32 Å². The maximum Gasteiger partial charge on any atom is 0.410 e. The fourth-order valence-electron chi connectivity index (χ4n) is 3.48. The second-order valence-corrected chi connectivity index (χ2v) is 6.99. The first-order chi connectivity index (χ1) is 9.29. The standard InChI is InChI=1S/C14H22N2O4/c1-13(2,3)20-12(18)16-7-9-6-10-11(17)15-5-4-14(10,8-16)19-9/h9-10H,4-8H2,1-3H3,(H,15,17)/t9-,10+,14+/m1/s1. The number of piperidine rings is 1.